The lowest BCUT2D eigenvalue weighted by Crippen LogP contribution is -2.49. The van der Waals surface area contributed by atoms with E-state index in [9.17, 15) is 18.0 Å². The zero-order valence-corrected chi connectivity index (χ0v) is 20.4. The number of fused-ring (bicyclic) bond motifs is 1. The summed E-state index contributed by atoms with van der Waals surface area (Å²) in [4.78, 5) is 27.3. The monoisotopic (exact) mass is 461 g/mol. The van der Waals surface area contributed by atoms with Crippen molar-refractivity contribution in [1.29, 1.82) is 0 Å². The summed E-state index contributed by atoms with van der Waals surface area (Å²) in [5, 5.41) is 3.20. The quantitative estimate of drug-likeness (QED) is 0.747. The maximum atomic E-state index is 13.5. The van der Waals surface area contributed by atoms with Gasteiger partial charge < -0.3 is 10.2 Å². The van der Waals surface area contributed by atoms with Crippen LogP contribution in [0.2, 0.25) is 0 Å². The molecule has 1 aliphatic carbocycles. The van der Waals surface area contributed by atoms with Crippen molar-refractivity contribution in [3.05, 3.63) is 23.8 Å². The Morgan fingerprint density at radius 3 is 2.56 bits per heavy atom. The average molecular weight is 462 g/mol. The van der Waals surface area contributed by atoms with Gasteiger partial charge in [0.25, 0.3) is 0 Å². The minimum absolute atomic E-state index is 0.0223. The molecular formula is C24H35N3O4S. The minimum atomic E-state index is -3.76. The van der Waals surface area contributed by atoms with Gasteiger partial charge in [0.2, 0.25) is 21.8 Å². The Bertz CT molecular complexity index is 1020. The summed E-state index contributed by atoms with van der Waals surface area (Å²) in [6, 6.07) is 5.12. The van der Waals surface area contributed by atoms with E-state index in [1.165, 1.54) is 10.7 Å². The molecule has 1 saturated heterocycles. The predicted molar refractivity (Wildman–Crippen MR) is 124 cm³/mol. The van der Waals surface area contributed by atoms with E-state index < -0.39 is 15.4 Å². The number of anilines is 1. The topological polar surface area (TPSA) is 86.8 Å². The van der Waals surface area contributed by atoms with Gasteiger partial charge in [0.15, 0.2) is 0 Å². The number of carbonyl (C=O) groups is 2. The third-order valence-electron chi connectivity index (χ3n) is 7.67. The van der Waals surface area contributed by atoms with Gasteiger partial charge in [-0.3, -0.25) is 9.59 Å². The zero-order chi connectivity index (χ0) is 23.3. The Morgan fingerprint density at radius 1 is 1.12 bits per heavy atom. The predicted octanol–water partition coefficient (Wildman–Crippen LogP) is 3.04. The minimum Gasteiger partial charge on any atom is -0.353 e. The van der Waals surface area contributed by atoms with Gasteiger partial charge >= 0.3 is 0 Å². The first-order valence-electron chi connectivity index (χ1n) is 11.8. The lowest BCUT2D eigenvalue weighted by molar-refractivity contribution is -0.127. The molecular weight excluding hydrogens is 426 g/mol. The lowest BCUT2D eigenvalue weighted by atomic mass is 9.85. The molecule has 3 atom stereocenters. The number of benzene rings is 1. The van der Waals surface area contributed by atoms with Crippen LogP contribution in [0.5, 0.6) is 0 Å². The molecule has 32 heavy (non-hydrogen) atoms. The number of hydrogen-bond donors (Lipinski definition) is 1. The summed E-state index contributed by atoms with van der Waals surface area (Å²) in [5.41, 5.74) is 0.705. The van der Waals surface area contributed by atoms with E-state index in [-0.39, 0.29) is 35.2 Å². The molecule has 1 saturated carbocycles. The highest BCUT2D eigenvalue weighted by atomic mass is 32.2. The van der Waals surface area contributed by atoms with Crippen LogP contribution < -0.4 is 10.2 Å². The molecule has 1 N–H and O–H groups in total. The zero-order valence-electron chi connectivity index (χ0n) is 19.6. The third kappa shape index (κ3) is 3.96. The molecule has 0 spiro atoms. The molecule has 8 heteroatoms. The van der Waals surface area contributed by atoms with Crippen LogP contribution in [0, 0.1) is 11.8 Å². The highest BCUT2D eigenvalue weighted by Crippen LogP contribution is 2.42. The molecule has 0 aromatic heterocycles. The highest BCUT2D eigenvalue weighted by Gasteiger charge is 2.43. The van der Waals surface area contributed by atoms with E-state index in [0.29, 0.717) is 25.3 Å². The van der Waals surface area contributed by atoms with E-state index in [4.69, 9.17) is 0 Å². The van der Waals surface area contributed by atoms with Crippen LogP contribution in [0.25, 0.3) is 0 Å². The second kappa shape index (κ2) is 8.45. The van der Waals surface area contributed by atoms with Gasteiger partial charge in [0, 0.05) is 31.9 Å². The standard InChI is InChI=1S/C24H35N3O4S/c1-16-8-5-6-10-20(16)25-22(28)17-9-7-13-27(15-17)32(30,31)18-11-12-21-19(14-18)24(2,3)23(29)26(21)4/h11-12,14,16-17,20H,5-10,13,15H2,1-4H3,(H,25,28)/t16-,17+,20-/m1/s1. The smallest absolute Gasteiger partial charge is 0.243 e. The van der Waals surface area contributed by atoms with E-state index in [0.717, 1.165) is 30.5 Å². The fourth-order valence-corrected chi connectivity index (χ4v) is 7.02. The molecule has 4 rings (SSSR count). The molecule has 0 radical (unpaired) electrons. The second-order valence-electron chi connectivity index (χ2n) is 10.2. The number of sulfonamides is 1. The van der Waals surface area contributed by atoms with E-state index in [1.807, 2.05) is 13.8 Å². The Hall–Kier alpha value is -1.93. The number of piperidine rings is 1. The van der Waals surface area contributed by atoms with Crippen LogP contribution in [-0.4, -0.2) is 50.7 Å². The molecule has 1 aromatic carbocycles. The summed E-state index contributed by atoms with van der Waals surface area (Å²) in [7, 11) is -2.04. The van der Waals surface area contributed by atoms with Crippen LogP contribution in [0.15, 0.2) is 23.1 Å². The van der Waals surface area contributed by atoms with Gasteiger partial charge in [0.05, 0.1) is 16.2 Å². The SMILES string of the molecule is C[C@@H]1CCCC[C@H]1NC(=O)[C@H]1CCCN(S(=O)(=O)c2ccc3c(c2)C(C)(C)C(=O)N3C)C1. The van der Waals surface area contributed by atoms with Crippen molar-refractivity contribution >= 4 is 27.5 Å². The van der Waals surface area contributed by atoms with E-state index in [1.54, 1.807) is 30.1 Å². The first kappa shape index (κ1) is 23.2. The second-order valence-corrected chi connectivity index (χ2v) is 12.2. The van der Waals surface area contributed by atoms with Crippen molar-refractivity contribution in [2.45, 2.75) is 75.6 Å². The Labute approximate surface area is 191 Å². The number of hydrogen-bond acceptors (Lipinski definition) is 4. The van der Waals surface area contributed by atoms with Gasteiger partial charge in [-0.15, -0.1) is 0 Å². The summed E-state index contributed by atoms with van der Waals surface area (Å²) >= 11 is 0. The van der Waals surface area contributed by atoms with Crippen LogP contribution in [0.3, 0.4) is 0 Å². The van der Waals surface area contributed by atoms with E-state index in [2.05, 4.69) is 12.2 Å². The maximum absolute atomic E-state index is 13.5. The van der Waals surface area contributed by atoms with Crippen LogP contribution in [-0.2, 0) is 25.0 Å². The summed E-state index contributed by atoms with van der Waals surface area (Å²) in [6.07, 6.45) is 5.83. The average Bonchev–Trinajstić information content (AvgIpc) is 2.95. The molecule has 0 bridgehead atoms. The number of amides is 2. The molecule has 2 amide bonds. The highest BCUT2D eigenvalue weighted by molar-refractivity contribution is 7.89. The first-order valence-corrected chi connectivity index (χ1v) is 13.2. The maximum Gasteiger partial charge on any atom is 0.243 e. The largest absolute Gasteiger partial charge is 0.353 e. The number of nitrogens with zero attached hydrogens (tertiary/aromatic N) is 2. The normalized spacial score (nSPS) is 28.4. The van der Waals surface area contributed by atoms with Crippen LogP contribution in [0.1, 0.15) is 64.9 Å². The lowest BCUT2D eigenvalue weighted by Gasteiger charge is -2.34. The van der Waals surface area contributed by atoms with Gasteiger partial charge in [-0.2, -0.15) is 4.31 Å². The number of rotatable bonds is 4. The molecule has 1 aromatic rings. The Balaban J connectivity index is 1.52. The fourth-order valence-electron chi connectivity index (χ4n) is 5.47. The summed E-state index contributed by atoms with van der Waals surface area (Å²) in [5.74, 6) is 0.0672. The number of nitrogens with one attached hydrogen (secondary N) is 1. The van der Waals surface area contributed by atoms with Crippen molar-refractivity contribution in [3.8, 4) is 0 Å². The Morgan fingerprint density at radius 2 is 1.84 bits per heavy atom. The number of likely N-dealkylation sites (N-methyl/N-ethyl adjacent to an activating group) is 1. The molecule has 2 fully saturated rings. The van der Waals surface area contributed by atoms with Crippen molar-refractivity contribution < 1.29 is 18.0 Å². The molecule has 2 heterocycles. The Kier molecular flexibility index (Phi) is 6.13. The summed E-state index contributed by atoms with van der Waals surface area (Å²) in [6.45, 7) is 6.43. The molecule has 176 valence electrons. The van der Waals surface area contributed by atoms with Crippen molar-refractivity contribution in [2.75, 3.05) is 25.0 Å². The molecule has 0 unspecified atom stereocenters. The fraction of sp³-hybridized carbons (Fsp3) is 0.667. The van der Waals surface area contributed by atoms with Crippen molar-refractivity contribution in [2.24, 2.45) is 11.8 Å². The molecule has 7 nitrogen and oxygen atoms in total. The third-order valence-corrected chi connectivity index (χ3v) is 9.53. The van der Waals surface area contributed by atoms with Crippen molar-refractivity contribution in [3.63, 3.8) is 0 Å². The number of carbonyl (C=O) groups excluding carboxylic acids is 2. The first-order chi connectivity index (χ1) is 15.0. The van der Waals surface area contributed by atoms with Crippen molar-refractivity contribution in [1.82, 2.24) is 9.62 Å². The van der Waals surface area contributed by atoms with Crippen LogP contribution in [0.4, 0.5) is 5.69 Å². The van der Waals surface area contributed by atoms with Gasteiger partial charge in [-0.05, 0) is 69.2 Å². The molecule has 2 aliphatic heterocycles. The van der Waals surface area contributed by atoms with Crippen LogP contribution >= 0.6 is 0 Å². The molecule has 3 aliphatic rings. The van der Waals surface area contributed by atoms with Gasteiger partial charge in [0.1, 0.15) is 0 Å². The summed E-state index contributed by atoms with van der Waals surface area (Å²) < 4.78 is 28.4. The van der Waals surface area contributed by atoms with Gasteiger partial charge in [-0.25, -0.2) is 8.42 Å². The van der Waals surface area contributed by atoms with Gasteiger partial charge in [-0.1, -0.05) is 19.8 Å². The van der Waals surface area contributed by atoms with E-state index >= 15 is 0 Å².